The molecule has 0 aliphatic carbocycles. The zero-order chi connectivity index (χ0) is 22.1. The van der Waals surface area contributed by atoms with Crippen LogP contribution in [-0.2, 0) is 23.6 Å². The standard InChI is InChI=1S/C20H17F7N2O/c21-17-6-5-15(10-16(17)20(25,26)27)29-8-7-14(11-29)28-18(30)9-12-1-3-13(4-2-12)19(22,23)24/h1-6,10,14H,7-9,11H2,(H,28,30). The van der Waals surface area contributed by atoms with Crippen molar-refractivity contribution in [3.63, 3.8) is 0 Å². The summed E-state index contributed by atoms with van der Waals surface area (Å²) in [6.45, 7) is 0.607. The third-order valence-corrected chi connectivity index (χ3v) is 4.82. The zero-order valence-corrected chi connectivity index (χ0v) is 15.4. The minimum atomic E-state index is -4.81. The summed E-state index contributed by atoms with van der Waals surface area (Å²) in [6.07, 6.45) is -8.92. The minimum absolute atomic E-state index is 0.122. The number of rotatable bonds is 4. The summed E-state index contributed by atoms with van der Waals surface area (Å²) in [5.41, 5.74) is -1.56. The van der Waals surface area contributed by atoms with Crippen molar-refractivity contribution in [3.8, 4) is 0 Å². The summed E-state index contributed by atoms with van der Waals surface area (Å²) >= 11 is 0. The van der Waals surface area contributed by atoms with Gasteiger partial charge in [-0.3, -0.25) is 4.79 Å². The molecule has 0 aromatic heterocycles. The molecule has 0 radical (unpaired) electrons. The maximum absolute atomic E-state index is 13.4. The predicted molar refractivity (Wildman–Crippen MR) is 95.3 cm³/mol. The minimum Gasteiger partial charge on any atom is -0.369 e. The molecule has 1 fully saturated rings. The molecule has 0 saturated carbocycles. The fourth-order valence-electron chi connectivity index (χ4n) is 3.32. The lowest BCUT2D eigenvalue weighted by Gasteiger charge is -2.20. The second-order valence-electron chi connectivity index (χ2n) is 7.03. The third-order valence-electron chi connectivity index (χ3n) is 4.82. The van der Waals surface area contributed by atoms with Crippen molar-refractivity contribution in [2.75, 3.05) is 18.0 Å². The molecule has 1 N–H and O–H groups in total. The molecule has 1 amide bonds. The quantitative estimate of drug-likeness (QED) is 0.702. The molecular formula is C20H17F7N2O. The monoisotopic (exact) mass is 434 g/mol. The Morgan fingerprint density at radius 2 is 1.67 bits per heavy atom. The lowest BCUT2D eigenvalue weighted by Crippen LogP contribution is -2.38. The molecule has 3 nitrogen and oxygen atoms in total. The Hall–Kier alpha value is -2.78. The average molecular weight is 434 g/mol. The number of nitrogens with zero attached hydrogens (tertiary/aromatic N) is 1. The van der Waals surface area contributed by atoms with Gasteiger partial charge in [-0.05, 0) is 42.3 Å². The SMILES string of the molecule is O=C(Cc1ccc(C(F)(F)F)cc1)NC1CCN(c2ccc(F)c(C(F)(F)F)c2)C1. The van der Waals surface area contributed by atoms with Gasteiger partial charge in [0.2, 0.25) is 5.91 Å². The number of nitrogens with one attached hydrogen (secondary N) is 1. The van der Waals surface area contributed by atoms with Crippen molar-refractivity contribution in [1.29, 1.82) is 0 Å². The van der Waals surface area contributed by atoms with Crippen molar-refractivity contribution in [2.24, 2.45) is 0 Å². The number of carbonyl (C=O) groups is 1. The first kappa shape index (κ1) is 21.9. The van der Waals surface area contributed by atoms with Crippen molar-refractivity contribution in [3.05, 3.63) is 65.0 Å². The molecule has 1 saturated heterocycles. The summed E-state index contributed by atoms with van der Waals surface area (Å²) in [4.78, 5) is 13.8. The molecule has 2 aromatic carbocycles. The fourth-order valence-corrected chi connectivity index (χ4v) is 3.32. The molecule has 0 spiro atoms. The van der Waals surface area contributed by atoms with Crippen LogP contribution in [0.4, 0.5) is 36.4 Å². The first-order valence-electron chi connectivity index (χ1n) is 9.00. The molecular weight excluding hydrogens is 417 g/mol. The Labute approximate surface area is 167 Å². The van der Waals surface area contributed by atoms with Gasteiger partial charge in [0.15, 0.2) is 0 Å². The van der Waals surface area contributed by atoms with Gasteiger partial charge in [0.1, 0.15) is 5.82 Å². The lowest BCUT2D eigenvalue weighted by molar-refractivity contribution is -0.140. The van der Waals surface area contributed by atoms with Gasteiger partial charge in [-0.25, -0.2) is 4.39 Å². The summed E-state index contributed by atoms with van der Waals surface area (Å²) < 4.78 is 89.8. The van der Waals surface area contributed by atoms with Crippen LogP contribution in [0.2, 0.25) is 0 Å². The van der Waals surface area contributed by atoms with E-state index in [9.17, 15) is 35.5 Å². The topological polar surface area (TPSA) is 32.3 Å². The second kappa shape index (κ2) is 8.16. The van der Waals surface area contributed by atoms with Crippen LogP contribution in [0.5, 0.6) is 0 Å². The van der Waals surface area contributed by atoms with E-state index < -0.39 is 35.2 Å². The normalized spacial score (nSPS) is 17.3. The van der Waals surface area contributed by atoms with Gasteiger partial charge in [0.25, 0.3) is 0 Å². The van der Waals surface area contributed by atoms with Crippen molar-refractivity contribution >= 4 is 11.6 Å². The molecule has 3 rings (SSSR count). The van der Waals surface area contributed by atoms with Gasteiger partial charge in [-0.2, -0.15) is 26.3 Å². The smallest absolute Gasteiger partial charge is 0.369 e. The van der Waals surface area contributed by atoms with Crippen LogP contribution in [0.15, 0.2) is 42.5 Å². The van der Waals surface area contributed by atoms with Crippen LogP contribution in [0.1, 0.15) is 23.1 Å². The summed E-state index contributed by atoms with van der Waals surface area (Å²) in [6, 6.07) is 6.64. The Morgan fingerprint density at radius 3 is 2.27 bits per heavy atom. The van der Waals surface area contributed by atoms with E-state index in [1.165, 1.54) is 18.2 Å². The van der Waals surface area contributed by atoms with Gasteiger partial charge in [-0.15, -0.1) is 0 Å². The van der Waals surface area contributed by atoms with Gasteiger partial charge in [-0.1, -0.05) is 12.1 Å². The van der Waals surface area contributed by atoms with E-state index in [2.05, 4.69) is 5.32 Å². The highest BCUT2D eigenvalue weighted by Gasteiger charge is 2.35. The van der Waals surface area contributed by atoms with Crippen LogP contribution in [0.25, 0.3) is 0 Å². The Bertz CT molecular complexity index is 907. The van der Waals surface area contributed by atoms with Crippen molar-refractivity contribution in [2.45, 2.75) is 31.2 Å². The lowest BCUT2D eigenvalue weighted by atomic mass is 10.1. The number of amides is 1. The van der Waals surface area contributed by atoms with Crippen LogP contribution < -0.4 is 10.2 Å². The number of benzene rings is 2. The average Bonchev–Trinajstić information content (AvgIpc) is 3.09. The van der Waals surface area contributed by atoms with Crippen molar-refractivity contribution < 1.29 is 35.5 Å². The summed E-state index contributed by atoms with van der Waals surface area (Å²) in [7, 11) is 0. The molecule has 2 aromatic rings. The molecule has 1 atom stereocenters. The van der Waals surface area contributed by atoms with Crippen LogP contribution in [-0.4, -0.2) is 25.0 Å². The third kappa shape index (κ3) is 5.22. The highest BCUT2D eigenvalue weighted by atomic mass is 19.4. The van der Waals surface area contributed by atoms with Crippen molar-refractivity contribution in [1.82, 2.24) is 5.32 Å². The number of hydrogen-bond donors (Lipinski definition) is 1. The Morgan fingerprint density at radius 1 is 1.00 bits per heavy atom. The van der Waals surface area contributed by atoms with E-state index in [-0.39, 0.29) is 24.7 Å². The van der Waals surface area contributed by atoms with Gasteiger partial charge in [0.05, 0.1) is 17.5 Å². The zero-order valence-electron chi connectivity index (χ0n) is 15.4. The second-order valence-corrected chi connectivity index (χ2v) is 7.03. The number of carbonyl (C=O) groups excluding carboxylic acids is 1. The summed E-state index contributed by atoms with van der Waals surface area (Å²) in [5, 5.41) is 2.73. The molecule has 1 aliphatic rings. The molecule has 1 unspecified atom stereocenters. The first-order chi connectivity index (χ1) is 13.9. The van der Waals surface area contributed by atoms with E-state index in [1.54, 1.807) is 4.90 Å². The van der Waals surface area contributed by atoms with E-state index >= 15 is 0 Å². The van der Waals surface area contributed by atoms with Crippen LogP contribution in [0, 0.1) is 5.82 Å². The van der Waals surface area contributed by atoms with Gasteiger partial charge < -0.3 is 10.2 Å². The molecule has 0 bridgehead atoms. The predicted octanol–water partition coefficient (Wildman–Crippen LogP) is 4.80. The Kier molecular flexibility index (Phi) is 5.96. The van der Waals surface area contributed by atoms with E-state index in [0.29, 0.717) is 18.5 Å². The van der Waals surface area contributed by atoms with E-state index in [4.69, 9.17) is 0 Å². The van der Waals surface area contributed by atoms with Crippen LogP contribution in [0.3, 0.4) is 0 Å². The molecule has 10 heteroatoms. The maximum atomic E-state index is 13.4. The van der Waals surface area contributed by atoms with Crippen LogP contribution >= 0.6 is 0 Å². The fraction of sp³-hybridized carbons (Fsp3) is 0.350. The first-order valence-corrected chi connectivity index (χ1v) is 9.00. The van der Waals surface area contributed by atoms with Gasteiger partial charge >= 0.3 is 12.4 Å². The maximum Gasteiger partial charge on any atom is 0.419 e. The highest BCUT2D eigenvalue weighted by Crippen LogP contribution is 2.34. The molecule has 162 valence electrons. The number of anilines is 1. The molecule has 30 heavy (non-hydrogen) atoms. The number of halogens is 7. The molecule has 1 aliphatic heterocycles. The van der Waals surface area contributed by atoms with Gasteiger partial charge in [0, 0.05) is 24.8 Å². The Balaban J connectivity index is 1.58. The molecule has 1 heterocycles. The number of hydrogen-bond acceptors (Lipinski definition) is 2. The number of alkyl halides is 6. The van der Waals surface area contributed by atoms with E-state index in [1.807, 2.05) is 0 Å². The van der Waals surface area contributed by atoms with E-state index in [0.717, 1.165) is 24.3 Å². The summed E-state index contributed by atoms with van der Waals surface area (Å²) in [5.74, 6) is -1.76. The highest BCUT2D eigenvalue weighted by molar-refractivity contribution is 5.79. The largest absolute Gasteiger partial charge is 0.419 e.